The minimum Gasteiger partial charge on any atom is -0.497 e. The first-order chi connectivity index (χ1) is 10.2. The summed E-state index contributed by atoms with van der Waals surface area (Å²) in [6.45, 7) is 0. The van der Waals surface area contributed by atoms with Gasteiger partial charge >= 0.3 is 6.01 Å². The predicted molar refractivity (Wildman–Crippen MR) is 79.7 cm³/mol. The summed E-state index contributed by atoms with van der Waals surface area (Å²) in [5, 5.41) is 0. The Morgan fingerprint density at radius 1 is 1.14 bits per heavy atom. The van der Waals surface area contributed by atoms with Gasteiger partial charge in [0.1, 0.15) is 11.3 Å². The van der Waals surface area contributed by atoms with Crippen molar-refractivity contribution in [3.8, 4) is 5.75 Å². The number of hydrogen-bond donors (Lipinski definition) is 0. The van der Waals surface area contributed by atoms with E-state index >= 15 is 0 Å². The molecule has 21 heavy (non-hydrogen) atoms. The highest BCUT2D eigenvalue weighted by atomic mass is 16.5. The maximum Gasteiger partial charge on any atom is 0.305 e. The molecule has 1 aromatic heterocycles. The number of amides is 1. The summed E-state index contributed by atoms with van der Waals surface area (Å²) in [6.07, 6.45) is 0. The number of oxazole rings is 1. The van der Waals surface area contributed by atoms with Crippen molar-refractivity contribution >= 4 is 23.0 Å². The molecule has 0 spiro atoms. The lowest BCUT2D eigenvalue weighted by molar-refractivity contribution is 0.0988. The molecule has 2 aromatic carbocycles. The Bertz CT molecular complexity index is 745. The summed E-state index contributed by atoms with van der Waals surface area (Å²) < 4.78 is 10.7. The van der Waals surface area contributed by atoms with Crippen molar-refractivity contribution in [1.29, 1.82) is 0 Å². The van der Waals surface area contributed by atoms with Crippen molar-refractivity contribution in [1.82, 2.24) is 4.98 Å². The smallest absolute Gasteiger partial charge is 0.305 e. The molecule has 1 amide bonds. The van der Waals surface area contributed by atoms with E-state index in [2.05, 4.69) is 4.98 Å². The largest absolute Gasteiger partial charge is 0.497 e. The van der Waals surface area contributed by atoms with Crippen LogP contribution in [-0.4, -0.2) is 25.0 Å². The highest BCUT2D eigenvalue weighted by Crippen LogP contribution is 2.22. The Kier molecular flexibility index (Phi) is 3.31. The van der Waals surface area contributed by atoms with Gasteiger partial charge in [0.2, 0.25) is 0 Å². The summed E-state index contributed by atoms with van der Waals surface area (Å²) in [5.41, 5.74) is 1.92. The molecule has 0 radical (unpaired) electrons. The fourth-order valence-corrected chi connectivity index (χ4v) is 2.02. The maximum absolute atomic E-state index is 12.4. The summed E-state index contributed by atoms with van der Waals surface area (Å²) in [7, 11) is 3.22. The number of carbonyl (C=O) groups is 1. The van der Waals surface area contributed by atoms with Crippen molar-refractivity contribution in [3.63, 3.8) is 0 Å². The number of anilines is 1. The number of para-hydroxylation sites is 2. The molecule has 0 aliphatic carbocycles. The van der Waals surface area contributed by atoms with E-state index in [9.17, 15) is 4.79 Å². The van der Waals surface area contributed by atoms with Gasteiger partial charge in [0.25, 0.3) is 5.91 Å². The van der Waals surface area contributed by atoms with E-state index in [0.717, 1.165) is 5.52 Å². The molecular formula is C16H14N2O3. The molecule has 106 valence electrons. The van der Waals surface area contributed by atoms with E-state index in [1.54, 1.807) is 38.4 Å². The van der Waals surface area contributed by atoms with Crippen LogP contribution in [0.3, 0.4) is 0 Å². The Labute approximate surface area is 121 Å². The van der Waals surface area contributed by atoms with Crippen LogP contribution >= 0.6 is 0 Å². The van der Waals surface area contributed by atoms with Crippen molar-refractivity contribution in [2.45, 2.75) is 0 Å². The van der Waals surface area contributed by atoms with Gasteiger partial charge in [-0.05, 0) is 36.4 Å². The molecule has 0 unspecified atom stereocenters. The zero-order valence-electron chi connectivity index (χ0n) is 11.7. The molecule has 0 atom stereocenters. The van der Waals surface area contributed by atoms with E-state index in [4.69, 9.17) is 9.15 Å². The van der Waals surface area contributed by atoms with Gasteiger partial charge in [0.15, 0.2) is 5.58 Å². The zero-order valence-corrected chi connectivity index (χ0v) is 11.7. The first kappa shape index (κ1) is 13.2. The molecule has 0 fully saturated rings. The maximum atomic E-state index is 12.4. The number of nitrogens with zero attached hydrogens (tertiary/aromatic N) is 2. The molecule has 0 saturated carbocycles. The van der Waals surface area contributed by atoms with Crippen LogP contribution in [0.5, 0.6) is 5.75 Å². The van der Waals surface area contributed by atoms with Crippen LogP contribution in [0.15, 0.2) is 52.9 Å². The second kappa shape index (κ2) is 5.28. The van der Waals surface area contributed by atoms with Gasteiger partial charge in [-0.1, -0.05) is 12.1 Å². The van der Waals surface area contributed by atoms with Gasteiger partial charge in [0, 0.05) is 12.6 Å². The van der Waals surface area contributed by atoms with E-state index in [1.165, 1.54) is 4.90 Å². The Morgan fingerprint density at radius 3 is 2.52 bits per heavy atom. The number of carbonyl (C=O) groups excluding carboxylic acids is 1. The lowest BCUT2D eigenvalue weighted by atomic mass is 10.2. The number of hydrogen-bond acceptors (Lipinski definition) is 4. The van der Waals surface area contributed by atoms with Crippen LogP contribution in [0.1, 0.15) is 10.4 Å². The second-order valence-electron chi connectivity index (χ2n) is 4.56. The van der Waals surface area contributed by atoms with Crippen LogP contribution in [0.4, 0.5) is 6.01 Å². The minimum absolute atomic E-state index is 0.191. The van der Waals surface area contributed by atoms with Gasteiger partial charge in [-0.15, -0.1) is 0 Å². The van der Waals surface area contributed by atoms with Crippen LogP contribution in [0.2, 0.25) is 0 Å². The molecule has 5 nitrogen and oxygen atoms in total. The van der Waals surface area contributed by atoms with Crippen molar-refractivity contribution in [3.05, 3.63) is 54.1 Å². The van der Waals surface area contributed by atoms with Crippen molar-refractivity contribution in [2.24, 2.45) is 0 Å². The van der Waals surface area contributed by atoms with Gasteiger partial charge in [-0.3, -0.25) is 9.69 Å². The normalized spacial score (nSPS) is 10.6. The monoisotopic (exact) mass is 282 g/mol. The van der Waals surface area contributed by atoms with Gasteiger partial charge < -0.3 is 9.15 Å². The molecule has 0 aliphatic heterocycles. The molecule has 0 N–H and O–H groups in total. The third kappa shape index (κ3) is 2.45. The van der Waals surface area contributed by atoms with Crippen LogP contribution in [0.25, 0.3) is 11.1 Å². The lowest BCUT2D eigenvalue weighted by Crippen LogP contribution is -2.26. The highest BCUT2D eigenvalue weighted by Gasteiger charge is 2.18. The molecule has 0 aliphatic rings. The number of methoxy groups -OCH3 is 1. The SMILES string of the molecule is COc1ccc(C(=O)N(C)c2nc3ccccc3o2)cc1. The summed E-state index contributed by atoms with van der Waals surface area (Å²) >= 11 is 0. The summed E-state index contributed by atoms with van der Waals surface area (Å²) in [6, 6.07) is 14.6. The summed E-state index contributed by atoms with van der Waals surface area (Å²) in [4.78, 5) is 18.1. The third-order valence-electron chi connectivity index (χ3n) is 3.21. The average Bonchev–Trinajstić information content (AvgIpc) is 2.97. The standard InChI is InChI=1S/C16H14N2O3/c1-18(15(19)11-7-9-12(20-2)10-8-11)16-17-13-5-3-4-6-14(13)21-16/h3-10H,1-2H3. The Hall–Kier alpha value is -2.82. The van der Waals surface area contributed by atoms with Crippen molar-refractivity contribution in [2.75, 3.05) is 19.1 Å². The van der Waals surface area contributed by atoms with Gasteiger partial charge in [-0.2, -0.15) is 4.98 Å². The van der Waals surface area contributed by atoms with Crippen LogP contribution in [0, 0.1) is 0 Å². The fraction of sp³-hybridized carbons (Fsp3) is 0.125. The van der Waals surface area contributed by atoms with E-state index < -0.39 is 0 Å². The third-order valence-corrected chi connectivity index (χ3v) is 3.21. The average molecular weight is 282 g/mol. The van der Waals surface area contributed by atoms with Gasteiger partial charge in [-0.25, -0.2) is 0 Å². The van der Waals surface area contributed by atoms with Crippen LogP contribution < -0.4 is 9.64 Å². The first-order valence-corrected chi connectivity index (χ1v) is 6.47. The van der Waals surface area contributed by atoms with E-state index in [1.807, 2.05) is 24.3 Å². The number of fused-ring (bicyclic) bond motifs is 1. The molecule has 1 heterocycles. The van der Waals surface area contributed by atoms with Crippen molar-refractivity contribution < 1.29 is 13.9 Å². The highest BCUT2D eigenvalue weighted by molar-refractivity contribution is 6.05. The fourth-order valence-electron chi connectivity index (χ4n) is 2.02. The topological polar surface area (TPSA) is 55.6 Å². The van der Waals surface area contributed by atoms with E-state index in [-0.39, 0.29) is 11.9 Å². The Balaban J connectivity index is 1.89. The number of rotatable bonds is 3. The number of aromatic nitrogens is 1. The lowest BCUT2D eigenvalue weighted by Gasteiger charge is -2.12. The van der Waals surface area contributed by atoms with Gasteiger partial charge in [0.05, 0.1) is 7.11 Å². The number of ether oxygens (including phenoxy) is 1. The Morgan fingerprint density at radius 2 is 1.86 bits per heavy atom. The zero-order chi connectivity index (χ0) is 14.8. The number of benzene rings is 2. The summed E-state index contributed by atoms with van der Waals surface area (Å²) in [5.74, 6) is 0.514. The first-order valence-electron chi connectivity index (χ1n) is 6.47. The quantitative estimate of drug-likeness (QED) is 0.740. The molecule has 0 saturated heterocycles. The second-order valence-corrected chi connectivity index (χ2v) is 4.56. The minimum atomic E-state index is -0.191. The molecule has 3 aromatic rings. The molecule has 3 rings (SSSR count). The van der Waals surface area contributed by atoms with Crippen LogP contribution in [-0.2, 0) is 0 Å². The molecule has 0 bridgehead atoms. The molecular weight excluding hydrogens is 268 g/mol. The predicted octanol–water partition coefficient (Wildman–Crippen LogP) is 3.11. The molecule has 5 heteroatoms. The van der Waals surface area contributed by atoms with E-state index in [0.29, 0.717) is 16.9 Å².